The Morgan fingerprint density at radius 1 is 0.903 bits per heavy atom. The molecular formula is C23H28N3O5+. The van der Waals surface area contributed by atoms with Crippen LogP contribution in [-0.4, -0.2) is 62.0 Å². The van der Waals surface area contributed by atoms with E-state index in [2.05, 4.69) is 15.4 Å². The van der Waals surface area contributed by atoms with E-state index in [9.17, 15) is 19.2 Å². The number of likely N-dealkylation sites (N-methyl/N-ethyl adjacent to an activating group) is 1. The topological polar surface area (TPSA) is 102 Å². The molecule has 0 unspecified atom stereocenters. The molecule has 0 saturated heterocycles. The van der Waals surface area contributed by atoms with Crippen LogP contribution in [0.5, 0.6) is 0 Å². The van der Waals surface area contributed by atoms with E-state index in [1.807, 2.05) is 27.2 Å². The number of hydrogen-bond donors (Lipinski definition) is 2. The first kappa shape index (κ1) is 23.8. The van der Waals surface area contributed by atoms with Gasteiger partial charge in [0.25, 0.3) is 0 Å². The van der Waals surface area contributed by atoms with Crippen molar-refractivity contribution in [3.63, 3.8) is 0 Å². The molecule has 2 N–H and O–H groups in total. The maximum absolute atomic E-state index is 12.5. The van der Waals surface area contributed by atoms with Crippen molar-refractivity contribution in [1.29, 1.82) is 0 Å². The number of amides is 2. The number of quaternary nitrogens is 1. The lowest BCUT2D eigenvalue weighted by Gasteiger charge is -2.29. The van der Waals surface area contributed by atoms with Crippen LogP contribution in [0.2, 0.25) is 0 Å². The fourth-order valence-electron chi connectivity index (χ4n) is 3.04. The number of esters is 2. The molecule has 8 heteroatoms. The summed E-state index contributed by atoms with van der Waals surface area (Å²) in [6.45, 7) is 1.60. The van der Waals surface area contributed by atoms with Gasteiger partial charge in [-0.05, 0) is 24.3 Å². The lowest BCUT2D eigenvalue weighted by Crippen LogP contribution is -2.50. The van der Waals surface area contributed by atoms with Crippen LogP contribution in [0.4, 0.5) is 10.5 Å². The Balaban J connectivity index is 2.00. The maximum atomic E-state index is 12.5. The zero-order valence-electron chi connectivity index (χ0n) is 18.2. The summed E-state index contributed by atoms with van der Waals surface area (Å²) in [5, 5.41) is 5.44. The highest BCUT2D eigenvalue weighted by molar-refractivity contribution is 6.09. The Bertz CT molecular complexity index is 934. The predicted octanol–water partition coefficient (Wildman–Crippen LogP) is 2.59. The van der Waals surface area contributed by atoms with Crippen molar-refractivity contribution in [2.24, 2.45) is 0 Å². The number of benzene rings is 2. The Hall–Kier alpha value is -3.52. The van der Waals surface area contributed by atoms with Crippen LogP contribution in [-0.2, 0) is 14.3 Å². The van der Waals surface area contributed by atoms with E-state index in [1.165, 1.54) is 0 Å². The van der Waals surface area contributed by atoms with E-state index in [0.29, 0.717) is 27.8 Å². The second-order valence-electron chi connectivity index (χ2n) is 8.21. The largest absolute Gasteiger partial charge is 0.393 e. The summed E-state index contributed by atoms with van der Waals surface area (Å²) in [5.41, 5.74) is 1.59. The molecule has 0 aliphatic heterocycles. The Morgan fingerprint density at radius 2 is 1.48 bits per heavy atom. The number of carbonyl (C=O) groups excluding carboxylic acids is 4. The van der Waals surface area contributed by atoms with Gasteiger partial charge in [0.15, 0.2) is 5.78 Å². The van der Waals surface area contributed by atoms with Crippen LogP contribution < -0.4 is 10.6 Å². The van der Waals surface area contributed by atoms with Crippen molar-refractivity contribution in [3.8, 4) is 0 Å². The lowest BCUT2D eigenvalue weighted by atomic mass is 10.0. The number of hydrogen-bond acceptors (Lipinski definition) is 5. The van der Waals surface area contributed by atoms with Crippen LogP contribution in [0.15, 0.2) is 54.6 Å². The fraction of sp³-hybridized carbons (Fsp3) is 0.304. The van der Waals surface area contributed by atoms with Crippen molar-refractivity contribution >= 4 is 29.4 Å². The summed E-state index contributed by atoms with van der Waals surface area (Å²) in [4.78, 5) is 47.7. The minimum absolute atomic E-state index is 0.108. The van der Waals surface area contributed by atoms with E-state index in [4.69, 9.17) is 0 Å². The number of ether oxygens (including phenoxy) is 1. The van der Waals surface area contributed by atoms with E-state index >= 15 is 0 Å². The molecule has 8 nitrogen and oxygen atoms in total. The Morgan fingerprint density at radius 3 is 2.03 bits per heavy atom. The van der Waals surface area contributed by atoms with Gasteiger partial charge in [-0.1, -0.05) is 30.3 Å². The van der Waals surface area contributed by atoms with Gasteiger partial charge in [-0.25, -0.2) is 4.79 Å². The molecule has 0 aromatic heterocycles. The second kappa shape index (κ2) is 10.5. The molecule has 0 fully saturated rings. The fourth-order valence-corrected chi connectivity index (χ4v) is 3.04. The minimum atomic E-state index is -0.699. The minimum Gasteiger partial charge on any atom is -0.393 e. The van der Waals surface area contributed by atoms with Gasteiger partial charge < -0.3 is 19.9 Å². The number of rotatable bonds is 8. The summed E-state index contributed by atoms with van der Waals surface area (Å²) < 4.78 is 5.07. The van der Waals surface area contributed by atoms with E-state index in [0.717, 1.165) is 6.92 Å². The molecule has 0 heterocycles. The number of urea groups is 1. The molecule has 0 spiro atoms. The van der Waals surface area contributed by atoms with Crippen LogP contribution in [0.25, 0.3) is 0 Å². The normalized spacial score (nSPS) is 11.9. The standard InChI is InChI=1S/C23H27N3O5/c1-16(27)31-21(28)14-20(15-26(2,3)4)25-23(30)24-19-12-10-18(11-13-19)22(29)17-8-6-5-7-9-17/h5-13,20H,14-15H2,1-4H3,(H-,24,25,29,30)/p+1/t20-/m1/s1. The molecule has 31 heavy (non-hydrogen) atoms. The van der Waals surface area contributed by atoms with Gasteiger partial charge in [-0.3, -0.25) is 14.4 Å². The van der Waals surface area contributed by atoms with Crippen LogP contribution in [0, 0.1) is 0 Å². The zero-order chi connectivity index (χ0) is 23.0. The molecular weight excluding hydrogens is 398 g/mol. The SMILES string of the molecule is CC(=O)OC(=O)C[C@H](C[N+](C)(C)C)NC(=O)Nc1ccc(C(=O)c2ccccc2)cc1. The van der Waals surface area contributed by atoms with Crippen LogP contribution in [0.3, 0.4) is 0 Å². The van der Waals surface area contributed by atoms with Crippen LogP contribution in [0.1, 0.15) is 29.3 Å². The highest BCUT2D eigenvalue weighted by Crippen LogP contribution is 2.14. The molecule has 2 amide bonds. The summed E-state index contributed by atoms with van der Waals surface area (Å²) in [6, 6.07) is 14.4. The first-order chi connectivity index (χ1) is 14.5. The summed E-state index contributed by atoms with van der Waals surface area (Å²) >= 11 is 0. The average Bonchev–Trinajstić information content (AvgIpc) is 2.66. The summed E-state index contributed by atoms with van der Waals surface area (Å²) in [7, 11) is 5.77. The van der Waals surface area contributed by atoms with Gasteiger partial charge in [0.1, 0.15) is 0 Å². The number of carbonyl (C=O) groups is 4. The highest BCUT2D eigenvalue weighted by Gasteiger charge is 2.24. The van der Waals surface area contributed by atoms with Crippen LogP contribution >= 0.6 is 0 Å². The Kier molecular flexibility index (Phi) is 8.04. The van der Waals surface area contributed by atoms with E-state index in [1.54, 1.807) is 48.5 Å². The third-order valence-electron chi connectivity index (χ3n) is 4.21. The van der Waals surface area contributed by atoms with Gasteiger partial charge >= 0.3 is 18.0 Å². The van der Waals surface area contributed by atoms with Gasteiger partial charge in [-0.2, -0.15) is 0 Å². The quantitative estimate of drug-likeness (QED) is 0.292. The predicted molar refractivity (Wildman–Crippen MR) is 117 cm³/mol. The van der Waals surface area contributed by atoms with Crippen molar-refractivity contribution in [2.45, 2.75) is 19.4 Å². The number of ketones is 1. The summed E-state index contributed by atoms with van der Waals surface area (Å²) in [5.74, 6) is -1.50. The number of nitrogens with zero attached hydrogens (tertiary/aromatic N) is 1. The summed E-state index contributed by atoms with van der Waals surface area (Å²) in [6.07, 6.45) is -0.132. The molecule has 1 atom stereocenters. The molecule has 2 rings (SSSR count). The van der Waals surface area contributed by atoms with E-state index in [-0.39, 0.29) is 12.2 Å². The first-order valence-corrected chi connectivity index (χ1v) is 9.82. The number of anilines is 1. The molecule has 164 valence electrons. The van der Waals surface area contributed by atoms with E-state index < -0.39 is 24.0 Å². The number of nitrogens with one attached hydrogen (secondary N) is 2. The maximum Gasteiger partial charge on any atom is 0.319 e. The molecule has 2 aromatic rings. The van der Waals surface area contributed by atoms with Gasteiger partial charge in [0.05, 0.1) is 40.2 Å². The van der Waals surface area contributed by atoms with Crippen molar-refractivity contribution < 1.29 is 28.4 Å². The van der Waals surface area contributed by atoms with Gasteiger partial charge in [-0.15, -0.1) is 0 Å². The lowest BCUT2D eigenvalue weighted by molar-refractivity contribution is -0.871. The van der Waals surface area contributed by atoms with Crippen molar-refractivity contribution in [2.75, 3.05) is 33.0 Å². The monoisotopic (exact) mass is 426 g/mol. The van der Waals surface area contributed by atoms with Gasteiger partial charge in [0.2, 0.25) is 0 Å². The third-order valence-corrected chi connectivity index (χ3v) is 4.21. The first-order valence-electron chi connectivity index (χ1n) is 9.82. The Labute approximate surface area is 181 Å². The van der Waals surface area contributed by atoms with Gasteiger partial charge in [0, 0.05) is 23.7 Å². The average molecular weight is 426 g/mol. The third kappa shape index (κ3) is 8.39. The molecule has 0 aliphatic carbocycles. The smallest absolute Gasteiger partial charge is 0.319 e. The molecule has 2 aromatic carbocycles. The van der Waals surface area contributed by atoms with Crippen molar-refractivity contribution in [3.05, 3.63) is 65.7 Å². The molecule has 0 saturated carbocycles. The molecule has 0 aliphatic rings. The highest BCUT2D eigenvalue weighted by atomic mass is 16.6. The molecule has 0 bridgehead atoms. The molecule has 0 radical (unpaired) electrons. The van der Waals surface area contributed by atoms with Crippen molar-refractivity contribution in [1.82, 2.24) is 5.32 Å². The zero-order valence-corrected chi connectivity index (χ0v) is 18.2. The second-order valence-corrected chi connectivity index (χ2v) is 8.21.